The smallest absolute Gasteiger partial charge is 0.343 e. The number of ether oxygens (including phenoxy) is 2. The molecule has 0 bridgehead atoms. The van der Waals surface area contributed by atoms with E-state index < -0.39 is 0 Å². The molecule has 160 valence electrons. The first-order valence-electron chi connectivity index (χ1n) is 10.7. The Bertz CT molecular complexity index is 1310. The van der Waals surface area contributed by atoms with Crippen molar-refractivity contribution in [2.75, 3.05) is 18.6 Å². The molecule has 32 heavy (non-hydrogen) atoms. The number of methoxy groups -OCH3 is 1. The van der Waals surface area contributed by atoms with E-state index in [-0.39, 0.29) is 5.97 Å². The minimum absolute atomic E-state index is 0.361. The molecule has 0 atom stereocenters. The molecular formula is C27H24N2O3. The Kier molecular flexibility index (Phi) is 5.02. The fourth-order valence-electron chi connectivity index (χ4n) is 4.25. The summed E-state index contributed by atoms with van der Waals surface area (Å²) in [7, 11) is 1.66. The number of rotatable bonds is 4. The van der Waals surface area contributed by atoms with Gasteiger partial charge < -0.3 is 14.4 Å². The summed E-state index contributed by atoms with van der Waals surface area (Å²) in [6.45, 7) is 4.82. The molecule has 0 N–H and O–H groups in total. The van der Waals surface area contributed by atoms with Gasteiger partial charge in [-0.05, 0) is 91.6 Å². The van der Waals surface area contributed by atoms with E-state index in [2.05, 4.69) is 11.0 Å². The number of pyridine rings is 1. The first-order chi connectivity index (χ1) is 15.5. The van der Waals surface area contributed by atoms with Crippen LogP contribution >= 0.6 is 0 Å². The van der Waals surface area contributed by atoms with Gasteiger partial charge in [0, 0.05) is 23.7 Å². The average Bonchev–Trinajstić information content (AvgIpc) is 3.19. The van der Waals surface area contributed by atoms with Crippen LogP contribution in [0.25, 0.3) is 10.9 Å². The van der Waals surface area contributed by atoms with Gasteiger partial charge in [-0.25, -0.2) is 9.78 Å². The van der Waals surface area contributed by atoms with Crippen LogP contribution in [0.4, 0.5) is 11.5 Å². The molecule has 1 aliphatic heterocycles. The minimum atomic E-state index is -0.361. The first kappa shape index (κ1) is 20.1. The molecule has 0 unspecified atom stereocenters. The summed E-state index contributed by atoms with van der Waals surface area (Å²) in [4.78, 5) is 19.7. The third-order valence-electron chi connectivity index (χ3n) is 5.76. The van der Waals surface area contributed by atoms with E-state index in [0.29, 0.717) is 11.3 Å². The molecule has 0 spiro atoms. The number of carbonyl (C=O) groups excluding carboxylic acids is 1. The maximum absolute atomic E-state index is 12.6. The first-order valence-corrected chi connectivity index (χ1v) is 10.7. The standard InChI is InChI=1S/C27H24N2O3/c1-17-12-18(2)14-24(13-17)32-27(30)19-4-7-22(8-5-19)29-11-10-21-15-20-6-9-23(31-3)16-25(20)28-26(21)29/h4-9,12-16H,10-11H2,1-3H3. The Labute approximate surface area is 187 Å². The molecule has 0 aliphatic carbocycles. The Morgan fingerprint density at radius 3 is 2.38 bits per heavy atom. The van der Waals surface area contributed by atoms with Crippen LogP contribution in [0.3, 0.4) is 0 Å². The lowest BCUT2D eigenvalue weighted by atomic mass is 10.1. The van der Waals surface area contributed by atoms with Gasteiger partial charge in [0.2, 0.25) is 0 Å². The van der Waals surface area contributed by atoms with E-state index >= 15 is 0 Å². The van der Waals surface area contributed by atoms with E-state index in [4.69, 9.17) is 14.5 Å². The van der Waals surface area contributed by atoms with Gasteiger partial charge in [0.25, 0.3) is 0 Å². The highest BCUT2D eigenvalue weighted by Crippen LogP contribution is 2.35. The van der Waals surface area contributed by atoms with Crippen molar-refractivity contribution in [3.63, 3.8) is 0 Å². The van der Waals surface area contributed by atoms with Crippen LogP contribution < -0.4 is 14.4 Å². The summed E-state index contributed by atoms with van der Waals surface area (Å²) in [5.41, 5.74) is 5.77. The van der Waals surface area contributed by atoms with Gasteiger partial charge >= 0.3 is 5.97 Å². The second-order valence-corrected chi connectivity index (χ2v) is 8.19. The molecule has 5 rings (SSSR count). The molecule has 2 heterocycles. The third-order valence-corrected chi connectivity index (χ3v) is 5.76. The summed E-state index contributed by atoms with van der Waals surface area (Å²) in [5, 5.41) is 1.11. The second-order valence-electron chi connectivity index (χ2n) is 8.19. The van der Waals surface area contributed by atoms with Gasteiger partial charge in [-0.3, -0.25) is 0 Å². The highest BCUT2D eigenvalue weighted by Gasteiger charge is 2.23. The van der Waals surface area contributed by atoms with Crippen LogP contribution in [-0.2, 0) is 6.42 Å². The number of benzene rings is 3. The molecule has 5 heteroatoms. The van der Waals surface area contributed by atoms with Crippen molar-refractivity contribution in [1.29, 1.82) is 0 Å². The number of hydrogen-bond donors (Lipinski definition) is 0. The van der Waals surface area contributed by atoms with Crippen LogP contribution in [0.5, 0.6) is 11.5 Å². The van der Waals surface area contributed by atoms with Crippen molar-refractivity contribution in [2.24, 2.45) is 0 Å². The van der Waals surface area contributed by atoms with Crippen molar-refractivity contribution >= 4 is 28.4 Å². The largest absolute Gasteiger partial charge is 0.497 e. The van der Waals surface area contributed by atoms with E-state index in [1.807, 2.05) is 74.5 Å². The Balaban J connectivity index is 1.39. The summed E-state index contributed by atoms with van der Waals surface area (Å²) in [5.74, 6) is 1.95. The van der Waals surface area contributed by atoms with Gasteiger partial charge in [-0.15, -0.1) is 0 Å². The summed E-state index contributed by atoms with van der Waals surface area (Å²) < 4.78 is 10.9. The Hall–Kier alpha value is -3.86. The minimum Gasteiger partial charge on any atom is -0.497 e. The van der Waals surface area contributed by atoms with Crippen molar-refractivity contribution in [2.45, 2.75) is 20.3 Å². The van der Waals surface area contributed by atoms with E-state index in [1.54, 1.807) is 7.11 Å². The second kappa shape index (κ2) is 8.00. The van der Waals surface area contributed by atoms with Gasteiger partial charge in [0.15, 0.2) is 0 Å². The molecule has 0 radical (unpaired) electrons. The van der Waals surface area contributed by atoms with Crippen LogP contribution in [0.2, 0.25) is 0 Å². The zero-order valence-corrected chi connectivity index (χ0v) is 18.4. The molecule has 1 aliphatic rings. The zero-order chi connectivity index (χ0) is 22.2. The fraction of sp³-hybridized carbons (Fsp3) is 0.185. The molecule has 3 aromatic carbocycles. The van der Waals surface area contributed by atoms with Gasteiger partial charge in [0.05, 0.1) is 18.2 Å². The predicted octanol–water partition coefficient (Wildman–Crippen LogP) is 5.77. The van der Waals surface area contributed by atoms with Crippen LogP contribution in [0, 0.1) is 13.8 Å². The molecular weight excluding hydrogens is 400 g/mol. The normalized spacial score (nSPS) is 12.7. The number of nitrogens with zero attached hydrogens (tertiary/aromatic N) is 2. The monoisotopic (exact) mass is 424 g/mol. The molecule has 0 fully saturated rings. The van der Waals surface area contributed by atoms with Crippen LogP contribution in [0.1, 0.15) is 27.0 Å². The predicted molar refractivity (Wildman–Crippen MR) is 126 cm³/mol. The third kappa shape index (κ3) is 3.78. The topological polar surface area (TPSA) is 51.7 Å². The maximum atomic E-state index is 12.6. The molecule has 1 aromatic heterocycles. The fourth-order valence-corrected chi connectivity index (χ4v) is 4.25. The number of aromatic nitrogens is 1. The highest BCUT2D eigenvalue weighted by molar-refractivity contribution is 5.92. The number of esters is 1. The zero-order valence-electron chi connectivity index (χ0n) is 18.4. The molecule has 5 nitrogen and oxygen atoms in total. The van der Waals surface area contributed by atoms with Gasteiger partial charge in [-0.2, -0.15) is 0 Å². The Morgan fingerprint density at radius 1 is 0.906 bits per heavy atom. The summed E-state index contributed by atoms with van der Waals surface area (Å²) >= 11 is 0. The number of fused-ring (bicyclic) bond motifs is 2. The Morgan fingerprint density at radius 2 is 1.66 bits per heavy atom. The molecule has 0 saturated carbocycles. The lowest BCUT2D eigenvalue weighted by molar-refractivity contribution is 0.0734. The molecule has 0 amide bonds. The maximum Gasteiger partial charge on any atom is 0.343 e. The number of aryl methyl sites for hydroxylation is 2. The highest BCUT2D eigenvalue weighted by atomic mass is 16.5. The molecule has 0 saturated heterocycles. The van der Waals surface area contributed by atoms with Crippen molar-refractivity contribution in [3.05, 3.63) is 89.0 Å². The number of hydrogen-bond acceptors (Lipinski definition) is 5. The van der Waals surface area contributed by atoms with E-state index in [1.165, 1.54) is 5.56 Å². The lowest BCUT2D eigenvalue weighted by Crippen LogP contribution is -2.15. The van der Waals surface area contributed by atoms with Gasteiger partial charge in [0.1, 0.15) is 17.3 Å². The van der Waals surface area contributed by atoms with E-state index in [9.17, 15) is 4.79 Å². The van der Waals surface area contributed by atoms with Crippen molar-refractivity contribution < 1.29 is 14.3 Å². The number of carbonyl (C=O) groups is 1. The summed E-state index contributed by atoms with van der Waals surface area (Å²) in [6, 6.07) is 21.5. The average molecular weight is 425 g/mol. The van der Waals surface area contributed by atoms with Crippen molar-refractivity contribution in [1.82, 2.24) is 4.98 Å². The molecule has 4 aromatic rings. The lowest BCUT2D eigenvalue weighted by Gasteiger charge is -2.19. The van der Waals surface area contributed by atoms with Crippen LogP contribution in [-0.4, -0.2) is 24.6 Å². The SMILES string of the molecule is COc1ccc2cc3c(nc2c1)N(c1ccc(C(=O)Oc2cc(C)cc(C)c2)cc1)CC3. The van der Waals surface area contributed by atoms with Gasteiger partial charge in [-0.1, -0.05) is 6.07 Å². The summed E-state index contributed by atoms with van der Waals surface area (Å²) in [6.07, 6.45) is 0.931. The van der Waals surface area contributed by atoms with Crippen molar-refractivity contribution in [3.8, 4) is 11.5 Å². The number of anilines is 2. The quantitative estimate of drug-likeness (QED) is 0.307. The van der Waals surface area contributed by atoms with Crippen LogP contribution in [0.15, 0.2) is 66.7 Å². The van der Waals surface area contributed by atoms with E-state index in [0.717, 1.165) is 52.3 Å².